The van der Waals surface area contributed by atoms with Gasteiger partial charge in [0.25, 0.3) is 5.91 Å². The quantitative estimate of drug-likeness (QED) is 0.591. The number of nitrogens with one attached hydrogen (secondary N) is 3. The van der Waals surface area contributed by atoms with Gasteiger partial charge in [-0.2, -0.15) is 0 Å². The molecule has 3 aliphatic rings. The molecule has 2 aliphatic heterocycles. The Bertz CT molecular complexity index is 1110. The fourth-order valence-corrected chi connectivity index (χ4v) is 5.04. The number of aldehydes is 1. The van der Waals surface area contributed by atoms with Crippen LogP contribution in [0.2, 0.25) is 0 Å². The first kappa shape index (κ1) is 20.7. The van der Waals surface area contributed by atoms with Crippen molar-refractivity contribution in [1.82, 2.24) is 20.5 Å². The maximum absolute atomic E-state index is 14.1. The second-order valence-corrected chi connectivity index (χ2v) is 9.30. The Balaban J connectivity index is 1.34. The second kappa shape index (κ2) is 7.72. The fraction of sp³-hybridized carbons (Fsp3) is 0.478. The SMILES string of the molecule is O=C[C@H](C[C@@H]1CCNC1=O)NC(=O)[C@@H]1CC2(CC2)CN1C(=O)c1cc2cccc(F)c2[nH]1. The Hall–Kier alpha value is -3.23. The van der Waals surface area contributed by atoms with Crippen LogP contribution in [0.3, 0.4) is 0 Å². The van der Waals surface area contributed by atoms with E-state index in [0.717, 1.165) is 12.8 Å². The van der Waals surface area contributed by atoms with Gasteiger partial charge in [0.2, 0.25) is 11.8 Å². The van der Waals surface area contributed by atoms with Gasteiger partial charge in [0.15, 0.2) is 0 Å². The highest BCUT2D eigenvalue weighted by molar-refractivity contribution is 6.01. The molecule has 2 saturated heterocycles. The molecular formula is C23H25FN4O4. The molecule has 5 rings (SSSR count). The van der Waals surface area contributed by atoms with Gasteiger partial charge < -0.3 is 25.3 Å². The fourth-order valence-electron chi connectivity index (χ4n) is 5.04. The highest BCUT2D eigenvalue weighted by atomic mass is 19.1. The number of hydrogen-bond donors (Lipinski definition) is 3. The normalized spacial score (nSPS) is 24.5. The number of rotatable bonds is 6. The molecule has 0 unspecified atom stereocenters. The molecule has 3 amide bonds. The number of nitrogens with zero attached hydrogens (tertiary/aromatic N) is 1. The number of carbonyl (C=O) groups is 4. The molecular weight excluding hydrogens is 415 g/mol. The number of hydrogen-bond acceptors (Lipinski definition) is 4. The molecule has 0 radical (unpaired) electrons. The lowest BCUT2D eigenvalue weighted by molar-refractivity contribution is -0.128. The maximum Gasteiger partial charge on any atom is 0.271 e. The first-order valence-corrected chi connectivity index (χ1v) is 11.0. The van der Waals surface area contributed by atoms with Crippen molar-refractivity contribution in [3.63, 3.8) is 0 Å². The van der Waals surface area contributed by atoms with Crippen LogP contribution in [0.1, 0.15) is 42.6 Å². The summed E-state index contributed by atoms with van der Waals surface area (Å²) in [4.78, 5) is 54.2. The molecule has 3 N–H and O–H groups in total. The Morgan fingerprint density at radius 2 is 2.16 bits per heavy atom. The van der Waals surface area contributed by atoms with Gasteiger partial charge >= 0.3 is 0 Å². The Kier molecular flexibility index (Phi) is 4.98. The van der Waals surface area contributed by atoms with Gasteiger partial charge in [-0.1, -0.05) is 12.1 Å². The summed E-state index contributed by atoms with van der Waals surface area (Å²) in [7, 11) is 0. The Morgan fingerprint density at radius 3 is 2.81 bits per heavy atom. The van der Waals surface area contributed by atoms with Gasteiger partial charge in [-0.15, -0.1) is 0 Å². The van der Waals surface area contributed by atoms with E-state index in [2.05, 4.69) is 15.6 Å². The minimum atomic E-state index is -0.786. The molecule has 3 atom stereocenters. The van der Waals surface area contributed by atoms with Crippen LogP contribution >= 0.6 is 0 Å². The van der Waals surface area contributed by atoms with E-state index in [1.807, 2.05) is 0 Å². The van der Waals surface area contributed by atoms with E-state index in [-0.39, 0.29) is 46.7 Å². The molecule has 1 aliphatic carbocycles. The second-order valence-electron chi connectivity index (χ2n) is 9.30. The van der Waals surface area contributed by atoms with Gasteiger partial charge in [-0.05, 0) is 49.7 Å². The summed E-state index contributed by atoms with van der Waals surface area (Å²) in [5, 5.41) is 6.06. The molecule has 9 heteroatoms. The molecule has 168 valence electrons. The third-order valence-corrected chi connectivity index (χ3v) is 7.06. The van der Waals surface area contributed by atoms with Gasteiger partial charge in [-0.25, -0.2) is 4.39 Å². The van der Waals surface area contributed by atoms with Crippen molar-refractivity contribution in [2.45, 2.75) is 44.2 Å². The predicted octanol–water partition coefficient (Wildman–Crippen LogP) is 1.51. The summed E-state index contributed by atoms with van der Waals surface area (Å²) < 4.78 is 14.1. The minimum absolute atomic E-state index is 0.0586. The number of H-pyrrole nitrogens is 1. The number of amides is 3. The zero-order chi connectivity index (χ0) is 22.5. The van der Waals surface area contributed by atoms with Crippen LogP contribution in [0, 0.1) is 17.2 Å². The van der Waals surface area contributed by atoms with Crippen molar-refractivity contribution in [2.24, 2.45) is 11.3 Å². The highest BCUT2D eigenvalue weighted by Gasteiger charge is 2.55. The average Bonchev–Trinajstić information content (AvgIpc) is 3.08. The summed E-state index contributed by atoms with van der Waals surface area (Å²) in [6.45, 7) is 1.03. The first-order chi connectivity index (χ1) is 15.4. The molecule has 32 heavy (non-hydrogen) atoms. The van der Waals surface area contributed by atoms with Gasteiger partial charge in [0, 0.05) is 24.4 Å². The van der Waals surface area contributed by atoms with Crippen molar-refractivity contribution in [3.05, 3.63) is 35.8 Å². The summed E-state index contributed by atoms with van der Waals surface area (Å²) in [5.41, 5.74) is 0.430. The summed E-state index contributed by atoms with van der Waals surface area (Å²) in [6, 6.07) is 4.72. The van der Waals surface area contributed by atoms with E-state index in [4.69, 9.17) is 0 Å². The lowest BCUT2D eigenvalue weighted by atomic mass is 9.98. The number of aromatic amines is 1. The molecule has 1 aromatic carbocycles. The van der Waals surface area contributed by atoms with E-state index < -0.39 is 17.9 Å². The van der Waals surface area contributed by atoms with E-state index in [1.54, 1.807) is 18.2 Å². The first-order valence-electron chi connectivity index (χ1n) is 11.0. The van der Waals surface area contributed by atoms with Crippen LogP contribution in [0.5, 0.6) is 0 Å². The van der Waals surface area contributed by atoms with Crippen LogP contribution in [-0.4, -0.2) is 59.1 Å². The summed E-state index contributed by atoms with van der Waals surface area (Å²) in [6.07, 6.45) is 3.95. The summed E-state index contributed by atoms with van der Waals surface area (Å²) >= 11 is 0. The minimum Gasteiger partial charge on any atom is -0.356 e. The number of carbonyl (C=O) groups excluding carboxylic acids is 4. The summed E-state index contributed by atoms with van der Waals surface area (Å²) in [5.74, 6) is -1.60. The standard InChI is InChI=1S/C23H25FN4O4/c24-16-3-1-2-13-9-17(27-19(13)16)22(32)28-12-23(5-6-23)10-18(28)21(31)26-15(11-29)8-14-4-7-25-20(14)30/h1-3,9,11,14-15,18,27H,4-8,10,12H2,(H,25,30)(H,26,31)/t14-,15-,18-/m0/s1. The van der Waals surface area contributed by atoms with Crippen LogP contribution in [-0.2, 0) is 14.4 Å². The molecule has 3 fully saturated rings. The molecule has 8 nitrogen and oxygen atoms in total. The lowest BCUT2D eigenvalue weighted by Crippen LogP contribution is -2.49. The van der Waals surface area contributed by atoms with Crippen LogP contribution < -0.4 is 10.6 Å². The van der Waals surface area contributed by atoms with Crippen molar-refractivity contribution < 1.29 is 23.6 Å². The smallest absolute Gasteiger partial charge is 0.271 e. The number of benzene rings is 1. The largest absolute Gasteiger partial charge is 0.356 e. The van der Waals surface area contributed by atoms with Gasteiger partial charge in [0.05, 0.1) is 11.6 Å². The Labute approximate surface area is 183 Å². The van der Waals surface area contributed by atoms with Crippen molar-refractivity contribution in [1.29, 1.82) is 0 Å². The number of likely N-dealkylation sites (tertiary alicyclic amines) is 1. The van der Waals surface area contributed by atoms with Crippen molar-refractivity contribution in [2.75, 3.05) is 13.1 Å². The molecule has 1 saturated carbocycles. The number of fused-ring (bicyclic) bond motifs is 1. The average molecular weight is 440 g/mol. The van der Waals surface area contributed by atoms with E-state index in [9.17, 15) is 23.6 Å². The number of aromatic nitrogens is 1. The third kappa shape index (κ3) is 3.65. The zero-order valence-corrected chi connectivity index (χ0v) is 17.5. The van der Waals surface area contributed by atoms with Crippen LogP contribution in [0.15, 0.2) is 24.3 Å². The lowest BCUT2D eigenvalue weighted by Gasteiger charge is -2.25. The molecule has 3 heterocycles. The van der Waals surface area contributed by atoms with E-state index >= 15 is 0 Å². The van der Waals surface area contributed by atoms with E-state index in [0.29, 0.717) is 37.6 Å². The topological polar surface area (TPSA) is 111 Å². The van der Waals surface area contributed by atoms with E-state index in [1.165, 1.54) is 11.0 Å². The molecule has 1 aromatic heterocycles. The van der Waals surface area contributed by atoms with Crippen molar-refractivity contribution >= 4 is 34.9 Å². The molecule has 0 bridgehead atoms. The van der Waals surface area contributed by atoms with Crippen LogP contribution in [0.4, 0.5) is 4.39 Å². The highest BCUT2D eigenvalue weighted by Crippen LogP contribution is 2.55. The van der Waals surface area contributed by atoms with Gasteiger partial charge in [0.1, 0.15) is 23.8 Å². The Morgan fingerprint density at radius 1 is 1.34 bits per heavy atom. The van der Waals surface area contributed by atoms with Gasteiger partial charge in [-0.3, -0.25) is 14.4 Å². The van der Waals surface area contributed by atoms with Crippen molar-refractivity contribution in [3.8, 4) is 0 Å². The maximum atomic E-state index is 14.1. The zero-order valence-electron chi connectivity index (χ0n) is 17.5. The number of para-hydroxylation sites is 1. The molecule has 1 spiro atoms. The number of halogens is 1. The van der Waals surface area contributed by atoms with Crippen LogP contribution in [0.25, 0.3) is 10.9 Å². The predicted molar refractivity (Wildman–Crippen MR) is 113 cm³/mol. The molecule has 2 aromatic rings. The third-order valence-electron chi connectivity index (χ3n) is 7.06. The monoisotopic (exact) mass is 440 g/mol.